The lowest BCUT2D eigenvalue weighted by Crippen LogP contribution is -2.29. The van der Waals surface area contributed by atoms with Crippen molar-refractivity contribution in [3.8, 4) is 0 Å². The normalized spacial score (nSPS) is 14.0. The Morgan fingerprint density at radius 2 is 1.48 bits per heavy atom. The summed E-state index contributed by atoms with van der Waals surface area (Å²) in [4.78, 5) is 43.1. The Hall–Kier alpha value is -3.72. The SMILES string of the molecule is CN(C)CCN=C1c2ccccc2C(=O)c2c(N)c(C(=O)O)c(C(=O)O)c(N)c21. The lowest BCUT2D eigenvalue weighted by atomic mass is 9.79. The van der Waals surface area contributed by atoms with Crippen molar-refractivity contribution in [3.63, 3.8) is 0 Å². The molecular weight excluding hydrogens is 376 g/mol. The first-order valence-corrected chi connectivity index (χ1v) is 8.71. The number of nitrogens with zero attached hydrogens (tertiary/aromatic N) is 2. The number of hydrogen-bond acceptors (Lipinski definition) is 7. The fourth-order valence-corrected chi connectivity index (χ4v) is 3.40. The summed E-state index contributed by atoms with van der Waals surface area (Å²) in [5.74, 6) is -3.65. The summed E-state index contributed by atoms with van der Waals surface area (Å²) in [7, 11) is 3.75. The van der Waals surface area contributed by atoms with Gasteiger partial charge in [-0.05, 0) is 14.1 Å². The van der Waals surface area contributed by atoms with Crippen LogP contribution in [0.15, 0.2) is 29.3 Å². The zero-order valence-corrected chi connectivity index (χ0v) is 15.9. The number of likely N-dealkylation sites (N-methyl/N-ethyl adjacent to an activating group) is 1. The number of hydrogen-bond donors (Lipinski definition) is 4. The van der Waals surface area contributed by atoms with E-state index in [1.54, 1.807) is 24.3 Å². The maximum absolute atomic E-state index is 13.1. The Bertz CT molecular complexity index is 1090. The van der Waals surface area contributed by atoms with Crippen molar-refractivity contribution < 1.29 is 24.6 Å². The number of carbonyl (C=O) groups is 3. The van der Waals surface area contributed by atoms with Gasteiger partial charge in [-0.3, -0.25) is 9.79 Å². The summed E-state index contributed by atoms with van der Waals surface area (Å²) in [5, 5.41) is 19.1. The van der Waals surface area contributed by atoms with Crippen LogP contribution >= 0.6 is 0 Å². The minimum Gasteiger partial charge on any atom is -0.478 e. The van der Waals surface area contributed by atoms with Crippen LogP contribution in [-0.4, -0.2) is 65.7 Å². The first kappa shape index (κ1) is 20.0. The van der Waals surface area contributed by atoms with Crippen LogP contribution in [0.5, 0.6) is 0 Å². The van der Waals surface area contributed by atoms with Gasteiger partial charge < -0.3 is 26.6 Å². The van der Waals surface area contributed by atoms with Crippen molar-refractivity contribution in [1.82, 2.24) is 4.90 Å². The predicted molar refractivity (Wildman–Crippen MR) is 108 cm³/mol. The summed E-state index contributed by atoms with van der Waals surface area (Å²) >= 11 is 0. The van der Waals surface area contributed by atoms with Crippen LogP contribution in [0.1, 0.15) is 47.8 Å². The topological polar surface area (TPSA) is 159 Å². The van der Waals surface area contributed by atoms with Gasteiger partial charge in [0.2, 0.25) is 0 Å². The van der Waals surface area contributed by atoms with Crippen molar-refractivity contribution in [2.75, 3.05) is 38.7 Å². The van der Waals surface area contributed by atoms with Gasteiger partial charge in [0.15, 0.2) is 5.78 Å². The number of fused-ring (bicyclic) bond motifs is 2. The van der Waals surface area contributed by atoms with E-state index < -0.39 is 34.5 Å². The Morgan fingerprint density at radius 1 is 0.966 bits per heavy atom. The lowest BCUT2D eigenvalue weighted by molar-refractivity contribution is 0.0653. The molecule has 0 fully saturated rings. The van der Waals surface area contributed by atoms with Crippen LogP contribution in [0.2, 0.25) is 0 Å². The van der Waals surface area contributed by atoms with Crippen molar-refractivity contribution in [2.24, 2.45) is 4.99 Å². The molecule has 0 aliphatic heterocycles. The highest BCUT2D eigenvalue weighted by atomic mass is 16.4. The number of carbonyl (C=O) groups excluding carboxylic acids is 1. The van der Waals surface area contributed by atoms with Crippen LogP contribution < -0.4 is 11.5 Å². The Morgan fingerprint density at radius 3 is 2.00 bits per heavy atom. The third-order valence-corrected chi connectivity index (χ3v) is 4.71. The summed E-state index contributed by atoms with van der Waals surface area (Å²) in [6, 6.07) is 6.67. The second kappa shape index (κ2) is 7.36. The smallest absolute Gasteiger partial charge is 0.338 e. The van der Waals surface area contributed by atoms with Gasteiger partial charge in [-0.25, -0.2) is 9.59 Å². The molecule has 9 heteroatoms. The fourth-order valence-electron chi connectivity index (χ4n) is 3.40. The molecule has 1 aliphatic carbocycles. The van der Waals surface area contributed by atoms with E-state index in [-0.39, 0.29) is 16.8 Å². The van der Waals surface area contributed by atoms with Gasteiger partial charge in [-0.15, -0.1) is 0 Å². The van der Waals surface area contributed by atoms with E-state index in [2.05, 4.69) is 4.99 Å². The minimum atomic E-state index is -1.58. The highest BCUT2D eigenvalue weighted by molar-refractivity contribution is 6.35. The van der Waals surface area contributed by atoms with Crippen LogP contribution in [0.4, 0.5) is 11.4 Å². The highest BCUT2D eigenvalue weighted by Crippen LogP contribution is 2.39. The quantitative estimate of drug-likeness (QED) is 0.468. The van der Waals surface area contributed by atoms with Gasteiger partial charge >= 0.3 is 11.9 Å². The molecule has 9 nitrogen and oxygen atoms in total. The number of aliphatic imine (C=N–C) groups is 1. The van der Waals surface area contributed by atoms with E-state index in [0.29, 0.717) is 29.9 Å². The number of carboxylic acids is 2. The number of rotatable bonds is 5. The van der Waals surface area contributed by atoms with E-state index in [4.69, 9.17) is 11.5 Å². The standard InChI is InChI=1S/C20H20N4O5/c1-24(2)8-7-23-17-9-5-3-4-6-10(9)18(25)12-11(17)15(21)13(19(26)27)14(16(12)22)20(28)29/h3-6H,7-8,21-22H2,1-2H3,(H,26,27)(H,28,29). The second-order valence-electron chi connectivity index (χ2n) is 6.85. The first-order chi connectivity index (χ1) is 13.7. The monoisotopic (exact) mass is 396 g/mol. The summed E-state index contributed by atoms with van der Waals surface area (Å²) in [5.41, 5.74) is 11.0. The zero-order valence-electron chi connectivity index (χ0n) is 15.9. The molecule has 0 saturated heterocycles. The third kappa shape index (κ3) is 3.21. The van der Waals surface area contributed by atoms with Crippen LogP contribution in [0, 0.1) is 0 Å². The Kier molecular flexibility index (Phi) is 5.08. The zero-order chi connectivity index (χ0) is 21.5. The number of nitrogens with two attached hydrogens (primary N) is 2. The van der Waals surface area contributed by atoms with Crippen LogP contribution in [0.3, 0.4) is 0 Å². The molecule has 0 saturated carbocycles. The maximum atomic E-state index is 13.1. The molecule has 0 unspecified atom stereocenters. The molecule has 150 valence electrons. The number of ketones is 1. The van der Waals surface area contributed by atoms with Crippen molar-refractivity contribution in [3.05, 3.63) is 57.6 Å². The van der Waals surface area contributed by atoms with Crippen molar-refractivity contribution >= 4 is 34.8 Å². The molecule has 3 rings (SSSR count). The summed E-state index contributed by atoms with van der Waals surface area (Å²) < 4.78 is 0. The largest absolute Gasteiger partial charge is 0.478 e. The minimum absolute atomic E-state index is 0.0624. The molecule has 0 spiro atoms. The number of aromatic carboxylic acids is 2. The van der Waals surface area contributed by atoms with E-state index in [1.807, 2.05) is 19.0 Å². The van der Waals surface area contributed by atoms with Gasteiger partial charge in [0.1, 0.15) is 0 Å². The Balaban J connectivity index is 2.42. The predicted octanol–water partition coefficient (Wildman–Crippen LogP) is 1.19. The Labute approximate surface area is 166 Å². The number of nitrogen functional groups attached to an aromatic ring is 2. The molecule has 0 atom stereocenters. The van der Waals surface area contributed by atoms with Gasteiger partial charge in [-0.1, -0.05) is 24.3 Å². The van der Waals surface area contributed by atoms with E-state index in [9.17, 15) is 24.6 Å². The number of benzene rings is 2. The molecule has 0 bridgehead atoms. The van der Waals surface area contributed by atoms with Crippen LogP contribution in [0.25, 0.3) is 0 Å². The first-order valence-electron chi connectivity index (χ1n) is 8.71. The number of carboxylic acid groups (broad SMARTS) is 2. The number of anilines is 2. The molecule has 2 aromatic carbocycles. The fraction of sp³-hybridized carbons (Fsp3) is 0.200. The lowest BCUT2D eigenvalue weighted by Gasteiger charge is -2.26. The van der Waals surface area contributed by atoms with Gasteiger partial charge in [-0.2, -0.15) is 0 Å². The average Bonchev–Trinajstić information content (AvgIpc) is 2.65. The molecule has 6 N–H and O–H groups in total. The summed E-state index contributed by atoms with van der Waals surface area (Å²) in [6.45, 7) is 0.954. The third-order valence-electron chi connectivity index (χ3n) is 4.71. The van der Waals surface area contributed by atoms with Gasteiger partial charge in [0, 0.05) is 23.2 Å². The second-order valence-corrected chi connectivity index (χ2v) is 6.85. The van der Waals surface area contributed by atoms with Crippen molar-refractivity contribution in [2.45, 2.75) is 0 Å². The molecule has 1 aliphatic rings. The van der Waals surface area contributed by atoms with Crippen molar-refractivity contribution in [1.29, 1.82) is 0 Å². The van der Waals surface area contributed by atoms with E-state index in [1.165, 1.54) is 0 Å². The molecular formula is C20H20N4O5. The van der Waals surface area contributed by atoms with Crippen LogP contribution in [-0.2, 0) is 0 Å². The molecule has 29 heavy (non-hydrogen) atoms. The van der Waals surface area contributed by atoms with Gasteiger partial charge in [0.25, 0.3) is 0 Å². The van der Waals surface area contributed by atoms with E-state index >= 15 is 0 Å². The molecule has 0 heterocycles. The molecule has 0 radical (unpaired) electrons. The average molecular weight is 396 g/mol. The highest BCUT2D eigenvalue weighted by Gasteiger charge is 2.37. The molecule has 2 aromatic rings. The van der Waals surface area contributed by atoms with E-state index in [0.717, 1.165) is 0 Å². The molecule has 0 amide bonds. The summed E-state index contributed by atoms with van der Waals surface area (Å²) in [6.07, 6.45) is 0. The van der Waals surface area contributed by atoms with Gasteiger partial charge in [0.05, 0.1) is 40.3 Å². The maximum Gasteiger partial charge on any atom is 0.338 e. The molecule has 0 aromatic heterocycles.